The van der Waals surface area contributed by atoms with Gasteiger partial charge in [-0.3, -0.25) is 0 Å². The Morgan fingerprint density at radius 2 is 1.86 bits per heavy atom. The molecule has 0 atom stereocenters. The molecule has 0 aromatic heterocycles. The molecule has 1 fully saturated rings. The fourth-order valence-corrected chi connectivity index (χ4v) is 4.33. The van der Waals surface area contributed by atoms with E-state index in [1.807, 2.05) is 18.2 Å². The zero-order valence-electron chi connectivity index (χ0n) is 17.4. The van der Waals surface area contributed by atoms with Crippen LogP contribution in [0, 0.1) is 17.9 Å². The van der Waals surface area contributed by atoms with Crippen molar-refractivity contribution in [3.8, 4) is 6.07 Å². The molecule has 0 radical (unpaired) electrons. The maximum atomic E-state index is 9.36. The Kier molecular flexibility index (Phi) is 6.78. The quantitative estimate of drug-likeness (QED) is 0.443. The predicted molar refractivity (Wildman–Crippen MR) is 118 cm³/mol. The van der Waals surface area contributed by atoms with E-state index in [9.17, 15) is 5.26 Å². The van der Waals surface area contributed by atoms with Gasteiger partial charge in [-0.1, -0.05) is 24.6 Å². The van der Waals surface area contributed by atoms with Crippen molar-refractivity contribution in [2.24, 2.45) is 0 Å². The molecule has 0 N–H and O–H groups in total. The van der Waals surface area contributed by atoms with E-state index in [0.29, 0.717) is 6.42 Å². The van der Waals surface area contributed by atoms with Crippen molar-refractivity contribution in [1.29, 1.82) is 5.26 Å². The molecule has 0 unspecified atom stereocenters. The highest BCUT2D eigenvalue weighted by molar-refractivity contribution is 5.58. The van der Waals surface area contributed by atoms with Crippen LogP contribution in [0.1, 0.15) is 57.9 Å². The molecular formula is C25H29N3O. The first kappa shape index (κ1) is 20.7. The monoisotopic (exact) mass is 387 g/mol. The summed E-state index contributed by atoms with van der Waals surface area (Å²) in [5.41, 5.74) is 3.06. The lowest BCUT2D eigenvalue weighted by molar-refractivity contribution is -0.0285. The number of allylic oxidation sites excluding steroid dienone is 3. The van der Waals surface area contributed by atoms with Crippen molar-refractivity contribution >= 4 is 11.8 Å². The van der Waals surface area contributed by atoms with Gasteiger partial charge in [0.25, 0.3) is 5.70 Å². The van der Waals surface area contributed by atoms with Gasteiger partial charge in [0.15, 0.2) is 0 Å². The Balaban J connectivity index is 1.85. The Labute approximate surface area is 174 Å². The molecule has 29 heavy (non-hydrogen) atoms. The molecule has 0 bridgehead atoms. The lowest BCUT2D eigenvalue weighted by Gasteiger charge is -2.41. The smallest absolute Gasteiger partial charge is 0.265 e. The highest BCUT2D eigenvalue weighted by Gasteiger charge is 2.38. The van der Waals surface area contributed by atoms with Crippen LogP contribution >= 0.6 is 0 Å². The number of nitrogens with zero attached hydrogens (tertiary/aromatic N) is 3. The van der Waals surface area contributed by atoms with E-state index in [1.165, 1.54) is 12.1 Å². The van der Waals surface area contributed by atoms with Gasteiger partial charge in [0.2, 0.25) is 0 Å². The molecule has 4 heteroatoms. The molecule has 0 amide bonds. The maximum absolute atomic E-state index is 9.36. The van der Waals surface area contributed by atoms with Crippen LogP contribution in [0.3, 0.4) is 0 Å². The summed E-state index contributed by atoms with van der Waals surface area (Å²) in [5.74, 6) is 0.748. The van der Waals surface area contributed by atoms with Gasteiger partial charge >= 0.3 is 0 Å². The average Bonchev–Trinajstić information content (AvgIpc) is 2.75. The number of hydrogen-bond acceptors (Lipinski definition) is 3. The average molecular weight is 388 g/mol. The first-order valence-corrected chi connectivity index (χ1v) is 10.6. The second-order valence-electron chi connectivity index (χ2n) is 7.76. The van der Waals surface area contributed by atoms with E-state index >= 15 is 0 Å². The molecular weight excluding hydrogens is 358 g/mol. The van der Waals surface area contributed by atoms with Crippen LogP contribution in [0.4, 0.5) is 5.69 Å². The first-order valence-electron chi connectivity index (χ1n) is 10.6. The molecule has 1 spiro atoms. The summed E-state index contributed by atoms with van der Waals surface area (Å²) < 4.78 is 6.42. The van der Waals surface area contributed by atoms with Gasteiger partial charge < -0.3 is 9.64 Å². The van der Waals surface area contributed by atoms with Crippen LogP contribution in [0.15, 0.2) is 53.4 Å². The largest absolute Gasteiger partial charge is 0.487 e. The van der Waals surface area contributed by atoms with Crippen LogP contribution in [-0.2, 0) is 4.74 Å². The van der Waals surface area contributed by atoms with Crippen LogP contribution in [0.5, 0.6) is 0 Å². The highest BCUT2D eigenvalue weighted by atomic mass is 16.5. The van der Waals surface area contributed by atoms with Gasteiger partial charge in [-0.05, 0) is 75.0 Å². The third kappa shape index (κ3) is 4.90. The van der Waals surface area contributed by atoms with Crippen molar-refractivity contribution < 1.29 is 4.74 Å². The molecule has 1 aliphatic heterocycles. The Morgan fingerprint density at radius 1 is 1.17 bits per heavy atom. The minimum atomic E-state index is -0.262. The topological polar surface area (TPSA) is 40.6 Å². The standard InChI is InChI=1S/C25H29N3O/c1-4-28(5-2)22-12-9-20(10-13-22)11-14-23-17-21(24(19-26)27-3)18-25(29-23)15-7-6-8-16-25/h9-14,17H,4-8,15-16,18H2,1-2H3/b14-11+,24-21-. The highest BCUT2D eigenvalue weighted by Crippen LogP contribution is 2.42. The molecule has 1 aromatic carbocycles. The van der Waals surface area contributed by atoms with Crippen LogP contribution in [0.2, 0.25) is 0 Å². The number of ether oxygens (including phenoxy) is 1. The second kappa shape index (κ2) is 9.48. The summed E-state index contributed by atoms with van der Waals surface area (Å²) in [7, 11) is 0. The fourth-order valence-electron chi connectivity index (χ4n) is 4.33. The Hall–Kier alpha value is -2.98. The molecule has 1 heterocycles. The van der Waals surface area contributed by atoms with E-state index < -0.39 is 0 Å². The molecule has 0 saturated heterocycles. The van der Waals surface area contributed by atoms with Gasteiger partial charge in [0.1, 0.15) is 11.4 Å². The summed E-state index contributed by atoms with van der Waals surface area (Å²) in [6.45, 7) is 13.6. The summed E-state index contributed by atoms with van der Waals surface area (Å²) >= 11 is 0. The SMILES string of the molecule is [C-]#[N+]/C(C#N)=C1C=C(/C=C/c2ccc(N(CC)CC)cc2)OC2(CCCCC2)C/1. The van der Waals surface area contributed by atoms with Gasteiger partial charge in [0.05, 0.1) is 12.6 Å². The summed E-state index contributed by atoms with van der Waals surface area (Å²) in [4.78, 5) is 5.76. The van der Waals surface area contributed by atoms with Crippen LogP contribution in [0.25, 0.3) is 10.9 Å². The van der Waals surface area contributed by atoms with E-state index in [1.54, 1.807) is 0 Å². The van der Waals surface area contributed by atoms with E-state index in [0.717, 1.165) is 55.7 Å². The molecule has 150 valence electrons. The van der Waals surface area contributed by atoms with E-state index in [2.05, 4.69) is 53.9 Å². The predicted octanol–water partition coefficient (Wildman–Crippen LogP) is 6.25. The molecule has 1 aliphatic carbocycles. The fraction of sp³-hybridized carbons (Fsp3) is 0.440. The molecule has 1 aromatic rings. The first-order chi connectivity index (χ1) is 14.1. The van der Waals surface area contributed by atoms with Gasteiger partial charge in [0, 0.05) is 25.2 Å². The zero-order chi connectivity index (χ0) is 20.7. The minimum absolute atomic E-state index is 0.188. The number of nitriles is 1. The van der Waals surface area contributed by atoms with Gasteiger partial charge in [-0.2, -0.15) is 0 Å². The maximum Gasteiger partial charge on any atom is 0.265 e. The van der Waals surface area contributed by atoms with Gasteiger partial charge in [-0.25, -0.2) is 10.1 Å². The number of rotatable bonds is 5. The van der Waals surface area contributed by atoms with Crippen LogP contribution < -0.4 is 4.90 Å². The zero-order valence-corrected chi connectivity index (χ0v) is 17.4. The third-order valence-electron chi connectivity index (χ3n) is 5.91. The lowest BCUT2D eigenvalue weighted by Crippen LogP contribution is -2.37. The summed E-state index contributed by atoms with van der Waals surface area (Å²) in [6.07, 6.45) is 12.0. The van der Waals surface area contributed by atoms with Crippen molar-refractivity contribution in [3.63, 3.8) is 0 Å². The Bertz CT molecular complexity index is 867. The normalized spacial score (nSPS) is 19.8. The Morgan fingerprint density at radius 3 is 2.45 bits per heavy atom. The lowest BCUT2D eigenvalue weighted by atomic mass is 9.78. The number of benzene rings is 1. The molecule has 2 aliphatic rings. The third-order valence-corrected chi connectivity index (χ3v) is 5.91. The van der Waals surface area contributed by atoms with E-state index in [-0.39, 0.29) is 11.3 Å². The summed E-state index contributed by atoms with van der Waals surface area (Å²) in [6, 6.07) is 10.6. The number of anilines is 1. The van der Waals surface area contributed by atoms with Crippen molar-refractivity contribution in [3.05, 3.63) is 70.4 Å². The van der Waals surface area contributed by atoms with Crippen molar-refractivity contribution in [2.45, 2.75) is 58.0 Å². The van der Waals surface area contributed by atoms with Crippen LogP contribution in [-0.4, -0.2) is 18.7 Å². The van der Waals surface area contributed by atoms with Crippen molar-refractivity contribution in [1.82, 2.24) is 0 Å². The summed E-state index contributed by atoms with van der Waals surface area (Å²) in [5, 5.41) is 9.36. The molecule has 3 rings (SSSR count). The minimum Gasteiger partial charge on any atom is -0.487 e. The van der Waals surface area contributed by atoms with E-state index in [4.69, 9.17) is 11.3 Å². The van der Waals surface area contributed by atoms with Gasteiger partial charge in [-0.15, -0.1) is 0 Å². The van der Waals surface area contributed by atoms with Crippen molar-refractivity contribution in [2.75, 3.05) is 18.0 Å². The second-order valence-corrected chi connectivity index (χ2v) is 7.76. The molecule has 1 saturated carbocycles. The molecule has 4 nitrogen and oxygen atoms in total. The number of hydrogen-bond donors (Lipinski definition) is 0.